The number of aromatic nitrogens is 2. The summed E-state index contributed by atoms with van der Waals surface area (Å²) in [5.41, 5.74) is 6.78. The lowest BCUT2D eigenvalue weighted by Gasteiger charge is -2.17. The van der Waals surface area contributed by atoms with Crippen molar-refractivity contribution in [1.29, 1.82) is 0 Å². The summed E-state index contributed by atoms with van der Waals surface area (Å²) in [4.78, 5) is 23.3. The Hall–Kier alpha value is -2.05. The first-order valence-corrected chi connectivity index (χ1v) is 7.93. The van der Waals surface area contributed by atoms with Crippen LogP contribution in [0.25, 0.3) is 0 Å². The van der Waals surface area contributed by atoms with Crippen molar-refractivity contribution in [3.63, 3.8) is 0 Å². The van der Waals surface area contributed by atoms with Gasteiger partial charge in [-0.1, -0.05) is 26.2 Å². The number of carbonyl (C=O) groups excluding carboxylic acids is 2. The van der Waals surface area contributed by atoms with Crippen molar-refractivity contribution in [3.05, 3.63) is 11.9 Å². The highest BCUT2D eigenvalue weighted by atomic mass is 16.2. The van der Waals surface area contributed by atoms with Gasteiger partial charge in [0.1, 0.15) is 6.04 Å². The molecule has 3 amide bonds. The second kappa shape index (κ2) is 7.29. The third-order valence-corrected chi connectivity index (χ3v) is 4.18. The summed E-state index contributed by atoms with van der Waals surface area (Å²) in [6.45, 7) is 3.91. The van der Waals surface area contributed by atoms with E-state index in [1.54, 1.807) is 6.20 Å². The first kappa shape index (κ1) is 16.3. The van der Waals surface area contributed by atoms with E-state index in [1.807, 2.05) is 18.5 Å². The van der Waals surface area contributed by atoms with E-state index in [9.17, 15) is 9.59 Å². The van der Waals surface area contributed by atoms with Gasteiger partial charge in [0.25, 0.3) is 0 Å². The molecule has 0 unspecified atom stereocenters. The van der Waals surface area contributed by atoms with Crippen molar-refractivity contribution in [2.24, 2.45) is 5.73 Å². The lowest BCUT2D eigenvalue weighted by molar-refractivity contribution is -0.118. The highest BCUT2D eigenvalue weighted by Gasteiger charge is 2.23. The maximum atomic E-state index is 12.3. The van der Waals surface area contributed by atoms with E-state index in [0.29, 0.717) is 18.2 Å². The van der Waals surface area contributed by atoms with Crippen LogP contribution in [0.4, 0.5) is 10.5 Å². The Morgan fingerprint density at radius 1 is 1.45 bits per heavy atom. The van der Waals surface area contributed by atoms with Gasteiger partial charge in [0.2, 0.25) is 5.91 Å². The average molecular weight is 307 g/mol. The van der Waals surface area contributed by atoms with Crippen LogP contribution in [0.3, 0.4) is 0 Å². The van der Waals surface area contributed by atoms with Crippen molar-refractivity contribution in [2.75, 3.05) is 5.32 Å². The molecule has 0 saturated heterocycles. The van der Waals surface area contributed by atoms with Crippen LogP contribution in [0.15, 0.2) is 6.20 Å². The molecule has 1 aromatic rings. The molecule has 7 nitrogen and oxygen atoms in total. The van der Waals surface area contributed by atoms with E-state index in [2.05, 4.69) is 15.7 Å². The monoisotopic (exact) mass is 307 g/mol. The Kier molecular flexibility index (Phi) is 5.41. The Balaban J connectivity index is 2.05. The number of nitrogens with zero attached hydrogens (tertiary/aromatic N) is 2. The molecule has 1 aliphatic carbocycles. The largest absolute Gasteiger partial charge is 0.352 e. The fourth-order valence-electron chi connectivity index (χ4n) is 3.01. The van der Waals surface area contributed by atoms with Gasteiger partial charge in [-0.15, -0.1) is 0 Å². The van der Waals surface area contributed by atoms with Crippen molar-refractivity contribution >= 4 is 17.6 Å². The van der Waals surface area contributed by atoms with Crippen LogP contribution < -0.4 is 16.4 Å². The molecule has 1 fully saturated rings. The maximum absolute atomic E-state index is 12.3. The molecule has 1 aliphatic rings. The number of amides is 3. The zero-order chi connectivity index (χ0) is 16.1. The second-order valence-corrected chi connectivity index (χ2v) is 5.87. The smallest absolute Gasteiger partial charge is 0.312 e. The highest BCUT2D eigenvalue weighted by Crippen LogP contribution is 2.31. The number of carbonyl (C=O) groups is 2. The standard InChI is InChI=1S/C15H25N5O2/c1-3-6-12(19-15(16)22)14(21)18-13-9-17-20(10(13)2)11-7-4-5-8-11/h9,11-12H,3-8H2,1-2H3,(H,18,21)(H3,16,19,22)/t12-/m1/s1. The van der Waals surface area contributed by atoms with Gasteiger partial charge in [0, 0.05) is 0 Å². The predicted molar refractivity (Wildman–Crippen MR) is 84.5 cm³/mol. The molecular weight excluding hydrogens is 282 g/mol. The summed E-state index contributed by atoms with van der Waals surface area (Å²) < 4.78 is 2.00. The number of primary amides is 1. The molecular formula is C15H25N5O2. The quantitative estimate of drug-likeness (QED) is 0.749. The van der Waals surface area contributed by atoms with Crippen molar-refractivity contribution in [1.82, 2.24) is 15.1 Å². The number of hydrogen-bond acceptors (Lipinski definition) is 3. The Bertz CT molecular complexity index is 534. The van der Waals surface area contributed by atoms with Crippen LogP contribution >= 0.6 is 0 Å². The summed E-state index contributed by atoms with van der Waals surface area (Å²) in [6.07, 6.45) is 7.73. The molecule has 0 aliphatic heterocycles. The molecule has 1 saturated carbocycles. The first-order chi connectivity index (χ1) is 10.5. The van der Waals surface area contributed by atoms with Crippen molar-refractivity contribution in [2.45, 2.75) is 64.5 Å². The van der Waals surface area contributed by atoms with E-state index in [-0.39, 0.29) is 5.91 Å². The second-order valence-electron chi connectivity index (χ2n) is 5.87. The van der Waals surface area contributed by atoms with Crippen molar-refractivity contribution < 1.29 is 9.59 Å². The SMILES string of the molecule is CCC[C@@H](NC(N)=O)C(=O)Nc1cnn(C2CCCC2)c1C. The average Bonchev–Trinajstić information content (AvgIpc) is 3.09. The van der Waals surface area contributed by atoms with Crippen molar-refractivity contribution in [3.8, 4) is 0 Å². The molecule has 0 radical (unpaired) electrons. The number of anilines is 1. The number of hydrogen-bond donors (Lipinski definition) is 3. The van der Waals surface area contributed by atoms with E-state index < -0.39 is 12.1 Å². The van der Waals surface area contributed by atoms with Crippen LogP contribution in [-0.2, 0) is 4.79 Å². The topological polar surface area (TPSA) is 102 Å². The van der Waals surface area contributed by atoms with Gasteiger partial charge in [-0.3, -0.25) is 9.48 Å². The molecule has 1 heterocycles. The van der Waals surface area contributed by atoms with Crippen LogP contribution in [0.2, 0.25) is 0 Å². The van der Waals surface area contributed by atoms with E-state index in [0.717, 1.165) is 25.0 Å². The molecule has 0 aromatic carbocycles. The number of nitrogens with one attached hydrogen (secondary N) is 2. The predicted octanol–water partition coefficient (Wildman–Crippen LogP) is 2.08. The molecule has 7 heteroatoms. The maximum Gasteiger partial charge on any atom is 0.312 e. The minimum atomic E-state index is -0.688. The molecule has 2 rings (SSSR count). The molecule has 0 bridgehead atoms. The summed E-state index contributed by atoms with van der Waals surface area (Å²) in [6, 6.07) is -0.871. The van der Waals surface area contributed by atoms with Crippen LogP contribution in [0.5, 0.6) is 0 Å². The highest BCUT2D eigenvalue weighted by molar-refractivity contribution is 5.97. The summed E-state index contributed by atoms with van der Waals surface area (Å²) in [7, 11) is 0. The van der Waals surface area contributed by atoms with Gasteiger partial charge >= 0.3 is 6.03 Å². The van der Waals surface area contributed by atoms with Gasteiger partial charge < -0.3 is 16.4 Å². The fraction of sp³-hybridized carbons (Fsp3) is 0.667. The van der Waals surface area contributed by atoms with E-state index in [1.165, 1.54) is 12.8 Å². The first-order valence-electron chi connectivity index (χ1n) is 7.93. The molecule has 1 atom stereocenters. The van der Waals surface area contributed by atoms with Gasteiger partial charge in [0.15, 0.2) is 0 Å². The summed E-state index contributed by atoms with van der Waals surface area (Å²) in [5, 5.41) is 9.74. The normalized spacial score (nSPS) is 16.5. The Labute approximate surface area is 130 Å². The minimum Gasteiger partial charge on any atom is -0.352 e. The molecule has 122 valence electrons. The Morgan fingerprint density at radius 2 is 2.14 bits per heavy atom. The lowest BCUT2D eigenvalue weighted by atomic mass is 10.1. The third kappa shape index (κ3) is 3.78. The lowest BCUT2D eigenvalue weighted by Crippen LogP contribution is -2.46. The summed E-state index contributed by atoms with van der Waals surface area (Å²) in [5.74, 6) is -0.255. The third-order valence-electron chi connectivity index (χ3n) is 4.18. The van der Waals surface area contributed by atoms with Gasteiger partial charge in [-0.05, 0) is 26.2 Å². The van der Waals surface area contributed by atoms with Gasteiger partial charge in [-0.2, -0.15) is 5.10 Å². The zero-order valence-electron chi connectivity index (χ0n) is 13.3. The van der Waals surface area contributed by atoms with Crippen LogP contribution in [-0.4, -0.2) is 27.8 Å². The van der Waals surface area contributed by atoms with Gasteiger partial charge in [-0.25, -0.2) is 4.79 Å². The van der Waals surface area contributed by atoms with Crippen LogP contribution in [0, 0.1) is 6.92 Å². The van der Waals surface area contributed by atoms with Gasteiger partial charge in [0.05, 0.1) is 23.6 Å². The minimum absolute atomic E-state index is 0.255. The van der Waals surface area contributed by atoms with E-state index in [4.69, 9.17) is 5.73 Å². The van der Waals surface area contributed by atoms with E-state index >= 15 is 0 Å². The molecule has 4 N–H and O–H groups in total. The number of rotatable bonds is 6. The Morgan fingerprint density at radius 3 is 2.73 bits per heavy atom. The van der Waals surface area contributed by atoms with Crippen LogP contribution in [0.1, 0.15) is 57.2 Å². The zero-order valence-corrected chi connectivity index (χ0v) is 13.3. The molecule has 1 aromatic heterocycles. The fourth-order valence-corrected chi connectivity index (χ4v) is 3.01. The molecule has 0 spiro atoms. The summed E-state index contributed by atoms with van der Waals surface area (Å²) >= 11 is 0. The number of nitrogens with two attached hydrogens (primary N) is 1. The number of urea groups is 1. The molecule has 22 heavy (non-hydrogen) atoms.